The molecule has 5 heteroatoms. The first kappa shape index (κ1) is 15.7. The average molecular weight is 332 g/mol. The van der Waals surface area contributed by atoms with Crippen LogP contribution in [-0.4, -0.2) is 25.7 Å². The number of carbonyl (C=O) groups excluding carboxylic acids is 1. The summed E-state index contributed by atoms with van der Waals surface area (Å²) in [7, 11) is 1.64. The van der Waals surface area contributed by atoms with Gasteiger partial charge in [0, 0.05) is 18.0 Å². The third kappa shape index (κ3) is 3.77. The second-order valence-electron chi connectivity index (χ2n) is 5.45. The summed E-state index contributed by atoms with van der Waals surface area (Å²) in [5, 5.41) is 3.58. The van der Waals surface area contributed by atoms with Gasteiger partial charge in [-0.25, -0.2) is 0 Å². The largest absolute Gasteiger partial charge is 0.497 e. The Morgan fingerprint density at radius 1 is 1.30 bits per heavy atom. The van der Waals surface area contributed by atoms with E-state index in [1.807, 2.05) is 36.4 Å². The van der Waals surface area contributed by atoms with Gasteiger partial charge in [-0.15, -0.1) is 0 Å². The lowest BCUT2D eigenvalue weighted by Gasteiger charge is -2.11. The first-order valence-electron chi connectivity index (χ1n) is 7.51. The van der Waals surface area contributed by atoms with Gasteiger partial charge >= 0.3 is 0 Å². The Kier molecular flexibility index (Phi) is 4.72. The molecule has 1 atom stereocenters. The molecule has 0 saturated carbocycles. The van der Waals surface area contributed by atoms with Gasteiger partial charge in [0.1, 0.15) is 11.5 Å². The number of ether oxygens (including phenoxy) is 2. The van der Waals surface area contributed by atoms with Crippen molar-refractivity contribution in [2.24, 2.45) is 0 Å². The van der Waals surface area contributed by atoms with Crippen molar-refractivity contribution in [3.8, 4) is 11.5 Å². The molecule has 23 heavy (non-hydrogen) atoms. The van der Waals surface area contributed by atoms with Crippen molar-refractivity contribution in [3.05, 3.63) is 58.6 Å². The maximum absolute atomic E-state index is 12.2. The summed E-state index contributed by atoms with van der Waals surface area (Å²) in [5.41, 5.74) is 2.13. The van der Waals surface area contributed by atoms with Crippen LogP contribution in [0, 0.1) is 0 Å². The van der Waals surface area contributed by atoms with Gasteiger partial charge in [0.05, 0.1) is 7.11 Å². The lowest BCUT2D eigenvalue weighted by Crippen LogP contribution is -2.38. The molecular weight excluding hydrogens is 314 g/mol. The Morgan fingerprint density at radius 3 is 2.83 bits per heavy atom. The van der Waals surface area contributed by atoms with Gasteiger partial charge in [-0.3, -0.25) is 4.79 Å². The summed E-state index contributed by atoms with van der Waals surface area (Å²) < 4.78 is 10.8. The van der Waals surface area contributed by atoms with Gasteiger partial charge in [0.2, 0.25) is 0 Å². The van der Waals surface area contributed by atoms with Gasteiger partial charge in [-0.05, 0) is 47.9 Å². The van der Waals surface area contributed by atoms with E-state index in [-0.39, 0.29) is 5.91 Å². The summed E-state index contributed by atoms with van der Waals surface area (Å²) in [6, 6.07) is 13.2. The Bertz CT molecular complexity index is 700. The van der Waals surface area contributed by atoms with E-state index in [0.29, 0.717) is 18.0 Å². The number of rotatable bonds is 5. The summed E-state index contributed by atoms with van der Waals surface area (Å²) in [6.45, 7) is 0.572. The molecule has 0 saturated heterocycles. The van der Waals surface area contributed by atoms with E-state index in [1.165, 1.54) is 0 Å². The van der Waals surface area contributed by atoms with Crippen molar-refractivity contribution in [2.45, 2.75) is 18.9 Å². The third-order valence-corrected chi connectivity index (χ3v) is 4.10. The topological polar surface area (TPSA) is 47.6 Å². The van der Waals surface area contributed by atoms with Crippen LogP contribution in [-0.2, 0) is 17.6 Å². The molecule has 0 spiro atoms. The van der Waals surface area contributed by atoms with Gasteiger partial charge < -0.3 is 14.8 Å². The molecule has 0 bridgehead atoms. The summed E-state index contributed by atoms with van der Waals surface area (Å²) >= 11 is 5.96. The average Bonchev–Trinajstić information content (AvgIpc) is 2.98. The predicted molar refractivity (Wildman–Crippen MR) is 89.3 cm³/mol. The highest BCUT2D eigenvalue weighted by Gasteiger charge is 2.28. The van der Waals surface area contributed by atoms with Gasteiger partial charge in [0.15, 0.2) is 6.10 Å². The van der Waals surface area contributed by atoms with Gasteiger partial charge in [-0.2, -0.15) is 0 Å². The van der Waals surface area contributed by atoms with Crippen molar-refractivity contribution in [1.82, 2.24) is 5.32 Å². The maximum Gasteiger partial charge on any atom is 0.261 e. The van der Waals surface area contributed by atoms with Crippen LogP contribution in [0.2, 0.25) is 5.02 Å². The van der Waals surface area contributed by atoms with Gasteiger partial charge in [-0.1, -0.05) is 23.7 Å². The van der Waals surface area contributed by atoms with E-state index in [4.69, 9.17) is 21.1 Å². The predicted octanol–water partition coefficient (Wildman–Crippen LogP) is 3.01. The SMILES string of the molecule is COc1ccc(CCNC(=O)[C@H]2Cc3cc(Cl)ccc3O2)cc1. The third-order valence-electron chi connectivity index (χ3n) is 3.86. The molecule has 0 unspecified atom stereocenters. The molecule has 120 valence electrons. The van der Waals surface area contributed by atoms with Gasteiger partial charge in [0.25, 0.3) is 5.91 Å². The molecule has 1 amide bonds. The van der Waals surface area contributed by atoms with Crippen LogP contribution in [0.15, 0.2) is 42.5 Å². The zero-order valence-corrected chi connectivity index (χ0v) is 13.6. The minimum absolute atomic E-state index is 0.0918. The van der Waals surface area contributed by atoms with E-state index >= 15 is 0 Å². The van der Waals surface area contributed by atoms with Crippen molar-refractivity contribution >= 4 is 17.5 Å². The van der Waals surface area contributed by atoms with Crippen LogP contribution in [0.5, 0.6) is 11.5 Å². The Hall–Kier alpha value is -2.20. The molecular formula is C18H18ClNO3. The van der Waals surface area contributed by atoms with Crippen molar-refractivity contribution in [2.75, 3.05) is 13.7 Å². The number of benzene rings is 2. The number of amides is 1. The number of nitrogens with one attached hydrogen (secondary N) is 1. The molecule has 1 aliphatic heterocycles. The summed E-state index contributed by atoms with van der Waals surface area (Å²) in [5.74, 6) is 1.48. The maximum atomic E-state index is 12.2. The zero-order chi connectivity index (χ0) is 16.2. The molecule has 1 N–H and O–H groups in total. The highest BCUT2D eigenvalue weighted by Crippen LogP contribution is 2.31. The van der Waals surface area contributed by atoms with Crippen LogP contribution in [0.4, 0.5) is 0 Å². The fraction of sp³-hybridized carbons (Fsp3) is 0.278. The van der Waals surface area contributed by atoms with E-state index in [9.17, 15) is 4.79 Å². The number of hydrogen-bond acceptors (Lipinski definition) is 3. The molecule has 2 aromatic rings. The molecule has 2 aromatic carbocycles. The van der Waals surface area contributed by atoms with E-state index in [0.717, 1.165) is 29.0 Å². The first-order valence-corrected chi connectivity index (χ1v) is 7.89. The highest BCUT2D eigenvalue weighted by atomic mass is 35.5. The molecule has 3 rings (SSSR count). The smallest absolute Gasteiger partial charge is 0.261 e. The van der Waals surface area contributed by atoms with Crippen LogP contribution < -0.4 is 14.8 Å². The minimum atomic E-state index is -0.473. The lowest BCUT2D eigenvalue weighted by atomic mass is 10.1. The number of halogens is 1. The summed E-state index contributed by atoms with van der Waals surface area (Å²) in [4.78, 5) is 12.2. The molecule has 0 aromatic heterocycles. The number of methoxy groups -OCH3 is 1. The zero-order valence-electron chi connectivity index (χ0n) is 12.8. The van der Waals surface area contributed by atoms with E-state index < -0.39 is 6.10 Å². The standard InChI is InChI=1S/C18H18ClNO3/c1-22-15-5-2-12(3-6-15)8-9-20-18(21)17-11-13-10-14(19)4-7-16(13)23-17/h2-7,10,17H,8-9,11H2,1H3,(H,20,21)/t17-/m1/s1. The van der Waals surface area contributed by atoms with Crippen LogP contribution in [0.1, 0.15) is 11.1 Å². The Morgan fingerprint density at radius 2 is 2.09 bits per heavy atom. The molecule has 0 aliphatic carbocycles. The number of fused-ring (bicyclic) bond motifs is 1. The Balaban J connectivity index is 1.48. The lowest BCUT2D eigenvalue weighted by molar-refractivity contribution is -0.127. The van der Waals surface area contributed by atoms with E-state index in [1.54, 1.807) is 13.2 Å². The van der Waals surface area contributed by atoms with Crippen LogP contribution in [0.25, 0.3) is 0 Å². The molecule has 4 nitrogen and oxygen atoms in total. The van der Waals surface area contributed by atoms with Crippen LogP contribution >= 0.6 is 11.6 Å². The second-order valence-corrected chi connectivity index (χ2v) is 5.89. The van der Waals surface area contributed by atoms with Crippen molar-refractivity contribution in [3.63, 3.8) is 0 Å². The summed E-state index contributed by atoms with van der Waals surface area (Å²) in [6.07, 6.45) is 0.852. The minimum Gasteiger partial charge on any atom is -0.497 e. The van der Waals surface area contributed by atoms with Crippen molar-refractivity contribution < 1.29 is 14.3 Å². The molecule has 0 radical (unpaired) electrons. The number of hydrogen-bond donors (Lipinski definition) is 1. The monoisotopic (exact) mass is 331 g/mol. The second kappa shape index (κ2) is 6.92. The van der Waals surface area contributed by atoms with Crippen molar-refractivity contribution in [1.29, 1.82) is 0 Å². The Labute approximate surface area is 140 Å². The first-order chi connectivity index (χ1) is 11.2. The molecule has 1 heterocycles. The normalized spacial score (nSPS) is 15.7. The molecule has 0 fully saturated rings. The molecule has 1 aliphatic rings. The highest BCUT2D eigenvalue weighted by molar-refractivity contribution is 6.30. The van der Waals surface area contributed by atoms with Crippen LogP contribution in [0.3, 0.4) is 0 Å². The fourth-order valence-electron chi connectivity index (χ4n) is 2.60. The quantitative estimate of drug-likeness (QED) is 0.916. The number of carbonyl (C=O) groups is 1. The van der Waals surface area contributed by atoms with E-state index in [2.05, 4.69) is 5.32 Å². The fourth-order valence-corrected chi connectivity index (χ4v) is 2.79.